The number of carboxylic acid groups (broad SMARTS) is 1. The number of ether oxygens (including phenoxy) is 1. The van der Waals surface area contributed by atoms with Crippen molar-refractivity contribution in [3.8, 4) is 0 Å². The molecule has 0 radical (unpaired) electrons. The average Bonchev–Trinajstić information content (AvgIpc) is 3.21. The zero-order chi connectivity index (χ0) is 26.0. The molecule has 0 saturated carbocycles. The van der Waals surface area contributed by atoms with Crippen molar-refractivity contribution < 1.29 is 29.0 Å². The number of β-lactam (4-membered cyclic amide) rings is 1. The predicted octanol–water partition coefficient (Wildman–Crippen LogP) is 2.77. The normalized spacial score (nSPS) is 24.5. The van der Waals surface area contributed by atoms with Crippen LogP contribution >= 0.6 is 23.5 Å². The van der Waals surface area contributed by atoms with E-state index in [-0.39, 0.29) is 6.61 Å². The average molecular weight is 542 g/mol. The molecule has 5 rings (SSSR count). The molecule has 3 aliphatic heterocycles. The minimum Gasteiger partial charge on any atom is -0.480 e. The summed E-state index contributed by atoms with van der Waals surface area (Å²) in [5.74, 6) is -0.299. The molecule has 0 aromatic heterocycles. The number of carboxylic acids is 1. The van der Waals surface area contributed by atoms with E-state index in [1.54, 1.807) is 42.1 Å². The van der Waals surface area contributed by atoms with Gasteiger partial charge in [0.25, 0.3) is 0 Å². The molecule has 3 aliphatic rings. The van der Waals surface area contributed by atoms with Crippen LogP contribution in [0, 0.1) is 0 Å². The summed E-state index contributed by atoms with van der Waals surface area (Å²) in [5, 5.41) is 14.9. The van der Waals surface area contributed by atoms with Gasteiger partial charge in [-0.05, 0) is 35.5 Å². The number of aliphatic carboxylic acids is 1. The molecule has 0 bridgehead atoms. The Balaban J connectivity index is 1.29. The fourth-order valence-corrected chi connectivity index (χ4v) is 8.50. The number of rotatable bonds is 7. The summed E-state index contributed by atoms with van der Waals surface area (Å²) < 4.78 is 4.76. The highest BCUT2D eigenvalue weighted by Gasteiger charge is 2.67. The first-order valence-electron chi connectivity index (χ1n) is 12.0. The first-order chi connectivity index (χ1) is 17.9. The lowest BCUT2D eigenvalue weighted by Gasteiger charge is -2.44. The number of nitrogens with zero attached hydrogens (tertiary/aromatic N) is 1. The van der Waals surface area contributed by atoms with Crippen molar-refractivity contribution in [2.24, 2.45) is 0 Å². The molecular weight excluding hydrogens is 514 g/mol. The Bertz CT molecular complexity index is 1180. The van der Waals surface area contributed by atoms with E-state index in [2.05, 4.69) is 10.6 Å². The van der Waals surface area contributed by atoms with Gasteiger partial charge in [0.15, 0.2) is 0 Å². The van der Waals surface area contributed by atoms with Gasteiger partial charge in [-0.3, -0.25) is 9.59 Å². The van der Waals surface area contributed by atoms with Gasteiger partial charge >= 0.3 is 12.1 Å². The molecule has 3 heterocycles. The number of alkyl carbamates (subject to hydrolysis) is 1. The number of benzene rings is 2. The van der Waals surface area contributed by atoms with Gasteiger partial charge in [0, 0.05) is 0 Å². The highest BCUT2D eigenvalue weighted by atomic mass is 32.2. The smallest absolute Gasteiger partial charge is 0.408 e. The molecule has 9 nitrogen and oxygen atoms in total. The monoisotopic (exact) mass is 541 g/mol. The maximum atomic E-state index is 13.4. The van der Waals surface area contributed by atoms with Gasteiger partial charge in [-0.1, -0.05) is 60.7 Å². The van der Waals surface area contributed by atoms with Gasteiger partial charge in [-0.2, -0.15) is 11.8 Å². The van der Waals surface area contributed by atoms with Crippen LogP contribution in [0.4, 0.5) is 4.79 Å². The Morgan fingerprint density at radius 2 is 1.70 bits per heavy atom. The number of amides is 3. The lowest BCUT2D eigenvalue weighted by atomic mass is 9.88. The van der Waals surface area contributed by atoms with Crippen LogP contribution in [0.5, 0.6) is 0 Å². The number of thioether (sulfide) groups is 2. The summed E-state index contributed by atoms with van der Waals surface area (Å²) in [6.45, 7) is 0.0432. The molecule has 194 valence electrons. The highest BCUT2D eigenvalue weighted by Crippen LogP contribution is 2.56. The fraction of sp³-hybridized carbons (Fsp3) is 0.385. The Labute approximate surface area is 222 Å². The summed E-state index contributed by atoms with van der Waals surface area (Å²) in [5.41, 5.74) is 1.34. The van der Waals surface area contributed by atoms with Crippen LogP contribution in [0.3, 0.4) is 0 Å². The first kappa shape index (κ1) is 25.5. The fourth-order valence-electron chi connectivity index (χ4n) is 5.09. The molecule has 1 spiro atoms. The van der Waals surface area contributed by atoms with Crippen LogP contribution in [0.15, 0.2) is 60.7 Å². The molecule has 3 saturated heterocycles. The van der Waals surface area contributed by atoms with E-state index in [1.807, 2.05) is 30.3 Å². The summed E-state index contributed by atoms with van der Waals surface area (Å²) in [6.07, 6.45) is 0.623. The molecule has 2 aromatic rings. The van der Waals surface area contributed by atoms with Crippen LogP contribution < -0.4 is 10.6 Å². The Morgan fingerprint density at radius 3 is 2.35 bits per heavy atom. The lowest BCUT2D eigenvalue weighted by Crippen LogP contribution is -2.71. The summed E-state index contributed by atoms with van der Waals surface area (Å²) >= 11 is 3.27. The second-order valence-corrected chi connectivity index (χ2v) is 12.0. The highest BCUT2D eigenvalue weighted by molar-refractivity contribution is 8.02. The minimum absolute atomic E-state index is 0.0432. The zero-order valence-electron chi connectivity index (χ0n) is 19.9. The van der Waals surface area contributed by atoms with Crippen molar-refractivity contribution in [2.45, 2.75) is 47.7 Å². The molecule has 4 atom stereocenters. The Morgan fingerprint density at radius 1 is 1.05 bits per heavy atom. The van der Waals surface area contributed by atoms with E-state index < -0.39 is 52.1 Å². The van der Waals surface area contributed by atoms with Gasteiger partial charge in [-0.25, -0.2) is 9.59 Å². The number of hydrogen-bond acceptors (Lipinski definition) is 7. The van der Waals surface area contributed by atoms with Gasteiger partial charge in [0.1, 0.15) is 30.1 Å². The third kappa shape index (κ3) is 5.02. The number of carbonyl (C=O) groups is 4. The summed E-state index contributed by atoms with van der Waals surface area (Å²) in [4.78, 5) is 52.6. The molecule has 3 amide bonds. The zero-order valence-corrected chi connectivity index (χ0v) is 21.5. The van der Waals surface area contributed by atoms with Crippen molar-refractivity contribution in [1.29, 1.82) is 0 Å². The summed E-state index contributed by atoms with van der Waals surface area (Å²) in [7, 11) is 0. The quantitative estimate of drug-likeness (QED) is 0.457. The molecule has 3 unspecified atom stereocenters. The Kier molecular flexibility index (Phi) is 7.34. The third-order valence-corrected chi connectivity index (χ3v) is 9.78. The van der Waals surface area contributed by atoms with Crippen LogP contribution in [0.25, 0.3) is 0 Å². The number of hydrogen-bond donors (Lipinski definition) is 3. The van der Waals surface area contributed by atoms with E-state index in [9.17, 15) is 24.3 Å². The molecular formula is C26H27N3O6S2. The molecule has 3 fully saturated rings. The van der Waals surface area contributed by atoms with Crippen molar-refractivity contribution in [2.75, 3.05) is 11.5 Å². The topological polar surface area (TPSA) is 125 Å². The van der Waals surface area contributed by atoms with E-state index in [4.69, 9.17) is 4.74 Å². The van der Waals surface area contributed by atoms with Crippen LogP contribution in [-0.4, -0.2) is 67.6 Å². The molecule has 11 heteroatoms. The lowest BCUT2D eigenvalue weighted by molar-refractivity contribution is -0.161. The minimum atomic E-state index is -1.09. The standard InChI is InChI=1S/C26H27N3O6S2/c30-21(18(17-9-5-2-6-10-17)28-25(34)35-15-16-7-3-1-4-8-16)27-19-22(31)29-20(24(32)33)26(37-23(19)29)11-13-36-14-12-26/h1-10,18-20,23H,11-15H2,(H,27,30)(H,28,34)(H,32,33)/t18?,19?,20?,23-/m0/s1. The van der Waals surface area contributed by atoms with Gasteiger partial charge in [0.05, 0.1) is 4.75 Å². The predicted molar refractivity (Wildman–Crippen MR) is 140 cm³/mol. The maximum absolute atomic E-state index is 13.4. The maximum Gasteiger partial charge on any atom is 0.408 e. The first-order valence-corrected chi connectivity index (χ1v) is 14.1. The van der Waals surface area contributed by atoms with Crippen molar-refractivity contribution in [3.05, 3.63) is 71.8 Å². The molecule has 37 heavy (non-hydrogen) atoms. The van der Waals surface area contributed by atoms with Gasteiger partial charge in [0.2, 0.25) is 11.8 Å². The van der Waals surface area contributed by atoms with Crippen LogP contribution in [0.2, 0.25) is 0 Å². The number of nitrogens with one attached hydrogen (secondary N) is 2. The molecule has 3 N–H and O–H groups in total. The largest absolute Gasteiger partial charge is 0.480 e. The van der Waals surface area contributed by atoms with E-state index in [0.717, 1.165) is 17.1 Å². The van der Waals surface area contributed by atoms with Gasteiger partial charge in [-0.15, -0.1) is 11.8 Å². The van der Waals surface area contributed by atoms with E-state index in [0.29, 0.717) is 18.4 Å². The molecule has 0 aliphatic carbocycles. The second kappa shape index (κ2) is 10.7. The van der Waals surface area contributed by atoms with Gasteiger partial charge < -0.3 is 25.4 Å². The van der Waals surface area contributed by atoms with Crippen LogP contribution in [0.1, 0.15) is 30.0 Å². The van der Waals surface area contributed by atoms with E-state index >= 15 is 0 Å². The SMILES string of the molecule is O=C(NC(C(=O)NC1C(=O)N2C(C(=O)O)C3(CCSCC3)S[C@@H]12)c1ccccc1)OCc1ccccc1. The molecule has 2 aromatic carbocycles. The van der Waals surface area contributed by atoms with Crippen molar-refractivity contribution in [1.82, 2.24) is 15.5 Å². The van der Waals surface area contributed by atoms with Crippen molar-refractivity contribution in [3.63, 3.8) is 0 Å². The van der Waals surface area contributed by atoms with E-state index in [1.165, 1.54) is 16.7 Å². The second-order valence-electron chi connectivity index (χ2n) is 9.21. The van der Waals surface area contributed by atoms with Crippen molar-refractivity contribution >= 4 is 47.4 Å². The summed E-state index contributed by atoms with van der Waals surface area (Å²) in [6, 6.07) is 15.0. The van der Waals surface area contributed by atoms with Crippen LogP contribution in [-0.2, 0) is 25.7 Å². The number of carbonyl (C=O) groups excluding carboxylic acids is 3. The Hall–Kier alpha value is -3.18. The third-order valence-electron chi connectivity index (χ3n) is 6.95. The number of fused-ring (bicyclic) bond motifs is 1.